The largest absolute Gasteiger partial charge is 0.481 e. The van der Waals surface area contributed by atoms with Crippen molar-refractivity contribution in [3.05, 3.63) is 49.7 Å². The van der Waals surface area contributed by atoms with Crippen LogP contribution in [0.5, 0.6) is 11.9 Å². The normalized spacial score (nSPS) is 11.9. The SMILES string of the molecule is COc1nc(C)c(CC(=O)NC(Cc2ccsc2)c2nc(C)cs2)c(OC)n1. The number of amides is 1. The van der Waals surface area contributed by atoms with Gasteiger partial charge in [0.15, 0.2) is 0 Å². The first-order chi connectivity index (χ1) is 13.5. The van der Waals surface area contributed by atoms with Crippen molar-refractivity contribution in [3.63, 3.8) is 0 Å². The lowest BCUT2D eigenvalue weighted by molar-refractivity contribution is -0.121. The molecule has 1 N–H and O–H groups in total. The van der Waals surface area contributed by atoms with Crippen molar-refractivity contribution in [3.8, 4) is 11.9 Å². The maximum absolute atomic E-state index is 12.8. The van der Waals surface area contributed by atoms with E-state index < -0.39 is 0 Å². The summed E-state index contributed by atoms with van der Waals surface area (Å²) < 4.78 is 10.4. The van der Waals surface area contributed by atoms with Gasteiger partial charge in [-0.25, -0.2) is 9.97 Å². The van der Waals surface area contributed by atoms with Crippen LogP contribution in [0.2, 0.25) is 0 Å². The van der Waals surface area contributed by atoms with Crippen molar-refractivity contribution in [1.29, 1.82) is 0 Å². The smallest absolute Gasteiger partial charge is 0.319 e. The Hall–Kier alpha value is -2.52. The molecule has 0 radical (unpaired) electrons. The lowest BCUT2D eigenvalue weighted by atomic mass is 10.1. The number of nitrogens with one attached hydrogen (secondary N) is 1. The van der Waals surface area contributed by atoms with Crippen LogP contribution in [0, 0.1) is 13.8 Å². The van der Waals surface area contributed by atoms with Gasteiger partial charge in [0.2, 0.25) is 11.8 Å². The molecule has 1 amide bonds. The number of hydrogen-bond acceptors (Lipinski definition) is 8. The van der Waals surface area contributed by atoms with Crippen molar-refractivity contribution in [2.24, 2.45) is 0 Å². The monoisotopic (exact) mass is 418 g/mol. The second-order valence-corrected chi connectivity index (χ2v) is 7.91. The third kappa shape index (κ3) is 4.85. The summed E-state index contributed by atoms with van der Waals surface area (Å²) in [6.07, 6.45) is 0.806. The van der Waals surface area contributed by atoms with E-state index in [1.165, 1.54) is 19.8 Å². The van der Waals surface area contributed by atoms with E-state index >= 15 is 0 Å². The molecule has 0 aliphatic rings. The number of methoxy groups -OCH3 is 2. The third-order valence-electron chi connectivity index (χ3n) is 4.16. The fourth-order valence-electron chi connectivity index (χ4n) is 2.79. The number of carbonyl (C=O) groups is 1. The van der Waals surface area contributed by atoms with Gasteiger partial charge in [-0.3, -0.25) is 4.79 Å². The van der Waals surface area contributed by atoms with Crippen LogP contribution in [0.4, 0.5) is 0 Å². The standard InChI is InChI=1S/C19H22N4O3S2/c1-11-9-28-18(20-11)15(7-13-5-6-27-10-13)22-16(24)8-14-12(2)21-19(26-4)23-17(14)25-3/h5-6,9-10,15H,7-8H2,1-4H3,(H,22,24). The number of thiophene rings is 1. The quantitative estimate of drug-likeness (QED) is 0.604. The molecule has 3 aromatic heterocycles. The molecule has 28 heavy (non-hydrogen) atoms. The zero-order chi connectivity index (χ0) is 20.1. The summed E-state index contributed by atoms with van der Waals surface area (Å²) in [6.45, 7) is 3.76. The molecule has 0 aromatic carbocycles. The summed E-state index contributed by atoms with van der Waals surface area (Å²) in [5, 5.41) is 10.1. The van der Waals surface area contributed by atoms with Gasteiger partial charge < -0.3 is 14.8 Å². The Morgan fingerprint density at radius 1 is 1.18 bits per heavy atom. The third-order valence-corrected chi connectivity index (χ3v) is 5.97. The summed E-state index contributed by atoms with van der Waals surface area (Å²) >= 11 is 3.19. The minimum atomic E-state index is -0.189. The summed E-state index contributed by atoms with van der Waals surface area (Å²) in [5.41, 5.74) is 3.42. The molecule has 148 valence electrons. The zero-order valence-corrected chi connectivity index (χ0v) is 17.8. The molecule has 1 atom stereocenters. The molecule has 7 nitrogen and oxygen atoms in total. The van der Waals surface area contributed by atoms with E-state index in [9.17, 15) is 4.79 Å². The summed E-state index contributed by atoms with van der Waals surface area (Å²) in [4.78, 5) is 25.8. The molecule has 0 saturated carbocycles. The first-order valence-electron chi connectivity index (χ1n) is 8.68. The van der Waals surface area contributed by atoms with Crippen molar-refractivity contribution < 1.29 is 14.3 Å². The van der Waals surface area contributed by atoms with Crippen LogP contribution in [0.1, 0.15) is 33.6 Å². The molecule has 0 fully saturated rings. The molecular weight excluding hydrogens is 396 g/mol. The van der Waals surface area contributed by atoms with E-state index in [0.29, 0.717) is 23.6 Å². The highest BCUT2D eigenvalue weighted by Crippen LogP contribution is 2.25. The van der Waals surface area contributed by atoms with E-state index in [0.717, 1.165) is 10.7 Å². The van der Waals surface area contributed by atoms with E-state index in [-0.39, 0.29) is 24.4 Å². The molecule has 3 rings (SSSR count). The number of thiazole rings is 1. The predicted molar refractivity (Wildman–Crippen MR) is 109 cm³/mol. The van der Waals surface area contributed by atoms with Crippen LogP contribution in [0.15, 0.2) is 22.2 Å². The molecule has 0 aliphatic heterocycles. The molecular formula is C19H22N4O3S2. The fourth-order valence-corrected chi connectivity index (χ4v) is 4.32. The van der Waals surface area contributed by atoms with Crippen LogP contribution in [0.25, 0.3) is 0 Å². The average Bonchev–Trinajstić information content (AvgIpc) is 3.34. The second kappa shape index (κ2) is 9.11. The molecule has 0 spiro atoms. The van der Waals surface area contributed by atoms with Gasteiger partial charge >= 0.3 is 6.01 Å². The fraction of sp³-hybridized carbons (Fsp3) is 0.368. The molecule has 0 saturated heterocycles. The lowest BCUT2D eigenvalue weighted by Crippen LogP contribution is -2.31. The van der Waals surface area contributed by atoms with Crippen molar-refractivity contribution in [2.75, 3.05) is 14.2 Å². The van der Waals surface area contributed by atoms with Crippen LogP contribution in [-0.4, -0.2) is 35.1 Å². The minimum absolute atomic E-state index is 0.115. The maximum Gasteiger partial charge on any atom is 0.319 e. The number of aromatic nitrogens is 3. The Morgan fingerprint density at radius 2 is 2.00 bits per heavy atom. The molecule has 0 aliphatic carbocycles. The number of hydrogen-bond donors (Lipinski definition) is 1. The van der Waals surface area contributed by atoms with Crippen LogP contribution in [-0.2, 0) is 17.6 Å². The van der Waals surface area contributed by atoms with Crippen molar-refractivity contribution in [2.45, 2.75) is 32.7 Å². The van der Waals surface area contributed by atoms with E-state index in [1.54, 1.807) is 22.7 Å². The van der Waals surface area contributed by atoms with Gasteiger partial charge in [-0.05, 0) is 36.2 Å². The summed E-state index contributed by atoms with van der Waals surface area (Å²) in [7, 11) is 3.01. The topological polar surface area (TPSA) is 86.2 Å². The highest BCUT2D eigenvalue weighted by molar-refractivity contribution is 7.09. The molecule has 9 heteroatoms. The minimum Gasteiger partial charge on any atom is -0.481 e. The number of ether oxygens (including phenoxy) is 2. The molecule has 3 aromatic rings. The molecule has 1 unspecified atom stereocenters. The van der Waals surface area contributed by atoms with Gasteiger partial charge in [0.05, 0.1) is 32.4 Å². The van der Waals surface area contributed by atoms with E-state index in [4.69, 9.17) is 9.47 Å². The average molecular weight is 419 g/mol. The first kappa shape index (κ1) is 20.2. The van der Waals surface area contributed by atoms with Gasteiger partial charge in [0, 0.05) is 23.1 Å². The van der Waals surface area contributed by atoms with Gasteiger partial charge in [-0.15, -0.1) is 11.3 Å². The van der Waals surface area contributed by atoms with E-state index in [1.807, 2.05) is 24.6 Å². The van der Waals surface area contributed by atoms with E-state index in [2.05, 4.69) is 31.7 Å². The van der Waals surface area contributed by atoms with Crippen LogP contribution >= 0.6 is 22.7 Å². The molecule has 3 heterocycles. The van der Waals surface area contributed by atoms with Gasteiger partial charge in [-0.1, -0.05) is 0 Å². The Kier molecular flexibility index (Phi) is 6.58. The Morgan fingerprint density at radius 3 is 2.61 bits per heavy atom. The number of carbonyl (C=O) groups excluding carboxylic acids is 1. The van der Waals surface area contributed by atoms with Gasteiger partial charge in [0.25, 0.3) is 0 Å². The van der Waals surface area contributed by atoms with Crippen molar-refractivity contribution >= 4 is 28.6 Å². The summed E-state index contributed by atoms with van der Waals surface area (Å²) in [6, 6.07) is 2.09. The highest BCUT2D eigenvalue weighted by Gasteiger charge is 2.22. The Bertz CT molecular complexity index is 941. The maximum atomic E-state index is 12.8. The van der Waals surface area contributed by atoms with Crippen molar-refractivity contribution in [1.82, 2.24) is 20.3 Å². The Labute approximate surface area is 171 Å². The Balaban J connectivity index is 1.79. The number of nitrogens with zero attached hydrogens (tertiary/aromatic N) is 3. The second-order valence-electron chi connectivity index (χ2n) is 6.24. The molecule has 0 bridgehead atoms. The predicted octanol–water partition coefficient (Wildman–Crippen LogP) is 3.27. The van der Waals surface area contributed by atoms with Crippen LogP contribution in [0.3, 0.4) is 0 Å². The first-order valence-corrected chi connectivity index (χ1v) is 10.5. The number of aryl methyl sites for hydroxylation is 2. The highest BCUT2D eigenvalue weighted by atomic mass is 32.1. The van der Waals surface area contributed by atoms with Gasteiger partial charge in [0.1, 0.15) is 5.01 Å². The van der Waals surface area contributed by atoms with Gasteiger partial charge in [-0.2, -0.15) is 16.3 Å². The number of rotatable bonds is 8. The lowest BCUT2D eigenvalue weighted by Gasteiger charge is -2.17. The zero-order valence-electron chi connectivity index (χ0n) is 16.2. The summed E-state index contributed by atoms with van der Waals surface area (Å²) in [5.74, 6) is 0.210. The van der Waals surface area contributed by atoms with Crippen LogP contribution < -0.4 is 14.8 Å².